The van der Waals surface area contributed by atoms with E-state index in [1.54, 1.807) is 6.07 Å². The van der Waals surface area contributed by atoms with Crippen molar-refractivity contribution in [2.75, 3.05) is 7.05 Å². The Kier molecular flexibility index (Phi) is 4.53. The van der Waals surface area contributed by atoms with Crippen LogP contribution in [0, 0.1) is 0 Å². The zero-order valence-electron chi connectivity index (χ0n) is 13.5. The van der Waals surface area contributed by atoms with E-state index in [-0.39, 0.29) is 5.56 Å². The van der Waals surface area contributed by atoms with Gasteiger partial charge in [0.1, 0.15) is 5.82 Å². The Labute approximate surface area is 135 Å². The van der Waals surface area contributed by atoms with Crippen LogP contribution in [-0.2, 0) is 6.54 Å². The molecule has 0 bridgehead atoms. The molecule has 1 heterocycles. The van der Waals surface area contributed by atoms with Crippen LogP contribution in [0.4, 0.5) is 0 Å². The lowest BCUT2D eigenvalue weighted by molar-refractivity contribution is 0.225. The van der Waals surface area contributed by atoms with E-state index in [9.17, 15) is 4.79 Å². The molecule has 0 radical (unpaired) electrons. The van der Waals surface area contributed by atoms with E-state index in [1.807, 2.05) is 24.3 Å². The van der Waals surface area contributed by atoms with Crippen molar-refractivity contribution in [2.24, 2.45) is 0 Å². The molecule has 0 amide bonds. The summed E-state index contributed by atoms with van der Waals surface area (Å²) >= 11 is 0. The first-order valence-electron chi connectivity index (χ1n) is 7.92. The lowest BCUT2D eigenvalue weighted by Crippen LogP contribution is -2.26. The van der Waals surface area contributed by atoms with E-state index in [4.69, 9.17) is 0 Å². The summed E-state index contributed by atoms with van der Waals surface area (Å²) in [5.41, 5.74) is 1.94. The molecule has 0 fully saturated rings. The number of aromatic nitrogens is 2. The molecular weight excluding hydrogens is 286 g/mol. The van der Waals surface area contributed by atoms with Crippen molar-refractivity contribution in [3.8, 4) is 0 Å². The van der Waals surface area contributed by atoms with Crippen LogP contribution in [0.1, 0.15) is 30.8 Å². The highest BCUT2D eigenvalue weighted by Gasteiger charge is 2.16. The van der Waals surface area contributed by atoms with Gasteiger partial charge in [-0.3, -0.25) is 9.69 Å². The first-order valence-corrected chi connectivity index (χ1v) is 7.92. The van der Waals surface area contributed by atoms with Crippen molar-refractivity contribution in [1.82, 2.24) is 14.9 Å². The highest BCUT2D eigenvalue weighted by atomic mass is 16.1. The van der Waals surface area contributed by atoms with E-state index in [0.29, 0.717) is 23.8 Å². The van der Waals surface area contributed by atoms with Crippen molar-refractivity contribution in [3.05, 3.63) is 76.3 Å². The first-order chi connectivity index (χ1) is 11.2. The Balaban J connectivity index is 1.87. The minimum absolute atomic E-state index is 0.0771. The number of H-pyrrole nitrogens is 1. The zero-order valence-corrected chi connectivity index (χ0v) is 13.5. The Morgan fingerprint density at radius 3 is 2.52 bits per heavy atom. The number of aromatic amines is 1. The molecule has 0 aliphatic carbocycles. The molecular formula is C19H21N3O. The van der Waals surface area contributed by atoms with Crippen molar-refractivity contribution < 1.29 is 0 Å². The van der Waals surface area contributed by atoms with E-state index < -0.39 is 0 Å². The second-order valence-electron chi connectivity index (χ2n) is 5.78. The van der Waals surface area contributed by atoms with E-state index in [0.717, 1.165) is 11.9 Å². The average molecular weight is 307 g/mol. The maximum absolute atomic E-state index is 12.2. The molecule has 118 valence electrons. The number of hydrogen-bond donors (Lipinski definition) is 1. The minimum Gasteiger partial charge on any atom is -0.309 e. The monoisotopic (exact) mass is 307 g/mol. The molecule has 0 saturated heterocycles. The smallest absolute Gasteiger partial charge is 0.258 e. The Morgan fingerprint density at radius 1 is 1.09 bits per heavy atom. The van der Waals surface area contributed by atoms with Crippen LogP contribution >= 0.6 is 0 Å². The van der Waals surface area contributed by atoms with Crippen molar-refractivity contribution in [3.63, 3.8) is 0 Å². The Hall–Kier alpha value is -2.46. The minimum atomic E-state index is -0.0771. The maximum Gasteiger partial charge on any atom is 0.258 e. The van der Waals surface area contributed by atoms with Gasteiger partial charge in [-0.05, 0) is 31.2 Å². The normalized spacial score (nSPS) is 12.7. The third-order valence-electron chi connectivity index (χ3n) is 4.16. The molecule has 0 saturated carbocycles. The SMILES string of the molecule is CC[C@@H](c1ccccc1)N(C)Cc1nc2ccccc2c(=O)[nH]1. The maximum atomic E-state index is 12.2. The van der Waals surface area contributed by atoms with Gasteiger partial charge in [-0.2, -0.15) is 0 Å². The van der Waals surface area contributed by atoms with Gasteiger partial charge in [-0.1, -0.05) is 49.4 Å². The quantitative estimate of drug-likeness (QED) is 0.785. The number of nitrogens with zero attached hydrogens (tertiary/aromatic N) is 2. The standard InChI is InChI=1S/C19H21N3O/c1-3-17(14-9-5-4-6-10-14)22(2)13-18-20-16-12-8-7-11-15(16)19(23)21-18/h4-12,17H,3,13H2,1-2H3,(H,20,21,23)/t17-/m0/s1. The fourth-order valence-electron chi connectivity index (χ4n) is 3.03. The molecule has 23 heavy (non-hydrogen) atoms. The third kappa shape index (κ3) is 3.32. The number of rotatable bonds is 5. The molecule has 2 aromatic carbocycles. The predicted molar refractivity (Wildman–Crippen MR) is 93.3 cm³/mol. The summed E-state index contributed by atoms with van der Waals surface area (Å²) in [5.74, 6) is 0.700. The predicted octanol–water partition coefficient (Wildman–Crippen LogP) is 3.51. The van der Waals surface area contributed by atoms with Crippen LogP contribution < -0.4 is 5.56 Å². The van der Waals surface area contributed by atoms with Gasteiger partial charge in [0.15, 0.2) is 0 Å². The molecule has 4 nitrogen and oxygen atoms in total. The van der Waals surface area contributed by atoms with Gasteiger partial charge >= 0.3 is 0 Å². The lowest BCUT2D eigenvalue weighted by atomic mass is 10.0. The molecule has 1 atom stereocenters. The van der Waals surface area contributed by atoms with Gasteiger partial charge in [-0.25, -0.2) is 4.98 Å². The third-order valence-corrected chi connectivity index (χ3v) is 4.16. The molecule has 3 aromatic rings. The van der Waals surface area contributed by atoms with Gasteiger partial charge in [0.05, 0.1) is 17.4 Å². The summed E-state index contributed by atoms with van der Waals surface area (Å²) < 4.78 is 0. The summed E-state index contributed by atoms with van der Waals surface area (Å²) in [6.07, 6.45) is 0.998. The van der Waals surface area contributed by atoms with Gasteiger partial charge in [0, 0.05) is 6.04 Å². The van der Waals surface area contributed by atoms with Crippen LogP contribution in [0.3, 0.4) is 0 Å². The highest BCUT2D eigenvalue weighted by Crippen LogP contribution is 2.23. The molecule has 1 aromatic heterocycles. The van der Waals surface area contributed by atoms with Crippen molar-refractivity contribution in [1.29, 1.82) is 0 Å². The van der Waals surface area contributed by atoms with Crippen LogP contribution in [0.5, 0.6) is 0 Å². The van der Waals surface area contributed by atoms with Crippen molar-refractivity contribution in [2.45, 2.75) is 25.9 Å². The summed E-state index contributed by atoms with van der Waals surface area (Å²) in [7, 11) is 2.07. The fourth-order valence-corrected chi connectivity index (χ4v) is 3.03. The van der Waals surface area contributed by atoms with E-state index in [1.165, 1.54) is 5.56 Å². The topological polar surface area (TPSA) is 49.0 Å². The molecule has 0 spiro atoms. The van der Waals surface area contributed by atoms with Gasteiger partial charge in [0.2, 0.25) is 0 Å². The second-order valence-corrected chi connectivity index (χ2v) is 5.78. The summed E-state index contributed by atoms with van der Waals surface area (Å²) in [6, 6.07) is 18.2. The number of benzene rings is 2. The van der Waals surface area contributed by atoms with E-state index >= 15 is 0 Å². The average Bonchev–Trinajstić information content (AvgIpc) is 2.56. The Bertz CT molecular complexity index is 842. The number of hydrogen-bond acceptors (Lipinski definition) is 3. The largest absolute Gasteiger partial charge is 0.309 e. The first kappa shape index (κ1) is 15.4. The van der Waals surface area contributed by atoms with Gasteiger partial charge in [0.25, 0.3) is 5.56 Å². The fraction of sp³-hybridized carbons (Fsp3) is 0.263. The molecule has 1 N–H and O–H groups in total. The molecule has 0 unspecified atom stereocenters. The van der Waals surface area contributed by atoms with Crippen LogP contribution in [0.15, 0.2) is 59.4 Å². The summed E-state index contributed by atoms with van der Waals surface area (Å²) in [5, 5.41) is 0.633. The van der Waals surface area contributed by atoms with Crippen LogP contribution in [0.25, 0.3) is 10.9 Å². The number of fused-ring (bicyclic) bond motifs is 1. The molecule has 0 aliphatic rings. The molecule has 3 rings (SSSR count). The van der Waals surface area contributed by atoms with Gasteiger partial charge < -0.3 is 4.98 Å². The summed E-state index contributed by atoms with van der Waals surface area (Å²) in [6.45, 7) is 2.78. The second kappa shape index (κ2) is 6.75. The summed E-state index contributed by atoms with van der Waals surface area (Å²) in [4.78, 5) is 21.9. The van der Waals surface area contributed by atoms with Crippen LogP contribution in [-0.4, -0.2) is 21.9 Å². The zero-order chi connectivity index (χ0) is 16.2. The van der Waals surface area contributed by atoms with E-state index in [2.05, 4.69) is 53.1 Å². The lowest BCUT2D eigenvalue weighted by Gasteiger charge is -2.27. The number of para-hydroxylation sites is 1. The molecule has 4 heteroatoms. The Morgan fingerprint density at radius 2 is 1.78 bits per heavy atom. The molecule has 0 aliphatic heterocycles. The number of nitrogens with one attached hydrogen (secondary N) is 1. The van der Waals surface area contributed by atoms with Gasteiger partial charge in [-0.15, -0.1) is 0 Å². The highest BCUT2D eigenvalue weighted by molar-refractivity contribution is 5.77. The van der Waals surface area contributed by atoms with Crippen molar-refractivity contribution >= 4 is 10.9 Å². The van der Waals surface area contributed by atoms with Crippen LogP contribution in [0.2, 0.25) is 0 Å².